The van der Waals surface area contributed by atoms with Crippen molar-refractivity contribution in [3.63, 3.8) is 0 Å². The molecule has 1 heterocycles. The second kappa shape index (κ2) is 5.31. The number of amides is 1. The van der Waals surface area contributed by atoms with Gasteiger partial charge in [0, 0.05) is 13.1 Å². The van der Waals surface area contributed by atoms with Crippen LogP contribution in [0.2, 0.25) is 0 Å². The van der Waals surface area contributed by atoms with Crippen molar-refractivity contribution in [3.05, 3.63) is 29.3 Å². The Kier molecular flexibility index (Phi) is 4.00. The second-order valence-corrected chi connectivity index (χ2v) is 6.98. The topological polar surface area (TPSA) is 67.6 Å². The van der Waals surface area contributed by atoms with E-state index < -0.39 is 0 Å². The Morgan fingerprint density at radius 1 is 1.24 bits per heavy atom. The van der Waals surface area contributed by atoms with Gasteiger partial charge in [0.1, 0.15) is 0 Å². The molecule has 0 saturated carbocycles. The van der Waals surface area contributed by atoms with E-state index in [1.165, 1.54) is 0 Å². The van der Waals surface area contributed by atoms with Gasteiger partial charge < -0.3 is 15.1 Å². The number of nitrogens with zero attached hydrogens (tertiary/aromatic N) is 1. The minimum absolute atomic E-state index is 0.0209. The summed E-state index contributed by atoms with van der Waals surface area (Å²) in [5.74, 6) is 5.53. The molecule has 0 unspecified atom stereocenters. The summed E-state index contributed by atoms with van der Waals surface area (Å²) in [4.78, 5) is 14.7. The lowest BCUT2D eigenvalue weighted by molar-refractivity contribution is -0.171. The minimum atomic E-state index is -0.363. The summed E-state index contributed by atoms with van der Waals surface area (Å²) < 4.78 is 6.02. The third kappa shape index (κ3) is 3.54. The van der Waals surface area contributed by atoms with Crippen molar-refractivity contribution in [2.45, 2.75) is 45.8 Å². The van der Waals surface area contributed by atoms with E-state index in [2.05, 4.69) is 5.43 Å². The number of carbonyl (C=O) groups excluding carboxylic acids is 1. The molecule has 0 aromatic heterocycles. The van der Waals surface area contributed by atoms with Crippen LogP contribution in [-0.4, -0.2) is 35.1 Å². The van der Waals surface area contributed by atoms with Crippen molar-refractivity contribution < 1.29 is 9.53 Å². The van der Waals surface area contributed by atoms with Crippen LogP contribution in [0.1, 0.15) is 43.6 Å². The van der Waals surface area contributed by atoms with E-state index in [0.29, 0.717) is 24.3 Å². The van der Waals surface area contributed by atoms with E-state index in [4.69, 9.17) is 10.6 Å². The fraction of sp³-hybridized carbons (Fsp3) is 0.562. The maximum Gasteiger partial charge on any atom is 0.256 e. The normalized spacial score (nSPS) is 20.2. The van der Waals surface area contributed by atoms with Crippen LogP contribution >= 0.6 is 0 Å². The number of anilines is 1. The number of morpholine rings is 1. The van der Waals surface area contributed by atoms with Crippen molar-refractivity contribution in [2.24, 2.45) is 5.84 Å². The summed E-state index contributed by atoms with van der Waals surface area (Å²) in [5.41, 5.74) is 4.20. The Hall–Kier alpha value is -1.59. The Balaban J connectivity index is 2.31. The molecule has 0 radical (unpaired) electrons. The smallest absolute Gasteiger partial charge is 0.256 e. The molecule has 1 aliphatic heterocycles. The van der Waals surface area contributed by atoms with E-state index in [9.17, 15) is 4.79 Å². The van der Waals surface area contributed by atoms with Crippen LogP contribution in [0.5, 0.6) is 0 Å². The predicted octanol–water partition coefficient (Wildman–Crippen LogP) is 2.31. The van der Waals surface area contributed by atoms with E-state index in [1.807, 2.05) is 57.7 Å². The highest BCUT2D eigenvalue weighted by Crippen LogP contribution is 2.30. The lowest BCUT2D eigenvalue weighted by atomic mass is 9.97. The Morgan fingerprint density at radius 3 is 2.33 bits per heavy atom. The number of ether oxygens (including phenoxy) is 1. The van der Waals surface area contributed by atoms with Crippen molar-refractivity contribution in [1.82, 2.24) is 4.90 Å². The Bertz CT molecular complexity index is 536. The first-order valence-electron chi connectivity index (χ1n) is 7.20. The first-order chi connectivity index (χ1) is 9.63. The monoisotopic (exact) mass is 291 g/mol. The molecular weight excluding hydrogens is 266 g/mol. The van der Waals surface area contributed by atoms with E-state index in [-0.39, 0.29) is 17.1 Å². The lowest BCUT2D eigenvalue weighted by Gasteiger charge is -2.47. The summed E-state index contributed by atoms with van der Waals surface area (Å²) in [6.07, 6.45) is 0. The SMILES string of the molecule is Cc1ccc(C(=O)N2CC(C)(C)OC(C)(C)C2)c(NN)c1. The number of nitrogen functional groups attached to an aromatic ring is 1. The van der Waals surface area contributed by atoms with Crippen LogP contribution in [0.4, 0.5) is 5.69 Å². The zero-order valence-corrected chi connectivity index (χ0v) is 13.5. The molecule has 1 saturated heterocycles. The average Bonchev–Trinajstić information content (AvgIpc) is 2.34. The maximum absolute atomic E-state index is 12.8. The van der Waals surface area contributed by atoms with Gasteiger partial charge >= 0.3 is 0 Å². The van der Waals surface area contributed by atoms with Gasteiger partial charge in [-0.15, -0.1) is 0 Å². The molecule has 1 fully saturated rings. The number of aryl methyl sites for hydroxylation is 1. The highest BCUT2D eigenvalue weighted by molar-refractivity contribution is 5.99. The third-order valence-electron chi connectivity index (χ3n) is 3.54. The van der Waals surface area contributed by atoms with Crippen LogP contribution < -0.4 is 11.3 Å². The average molecular weight is 291 g/mol. The zero-order chi connectivity index (χ0) is 15.8. The largest absolute Gasteiger partial charge is 0.366 e. The summed E-state index contributed by atoms with van der Waals surface area (Å²) in [5, 5.41) is 0. The van der Waals surface area contributed by atoms with Gasteiger partial charge in [0.15, 0.2) is 0 Å². The number of benzene rings is 1. The minimum Gasteiger partial charge on any atom is -0.366 e. The highest BCUT2D eigenvalue weighted by Gasteiger charge is 2.40. The van der Waals surface area contributed by atoms with Crippen LogP contribution in [-0.2, 0) is 4.74 Å². The number of carbonyl (C=O) groups is 1. The van der Waals surface area contributed by atoms with Crippen molar-refractivity contribution in [3.8, 4) is 0 Å². The van der Waals surface area contributed by atoms with Crippen molar-refractivity contribution in [2.75, 3.05) is 18.5 Å². The molecule has 0 bridgehead atoms. The van der Waals surface area contributed by atoms with Gasteiger partial charge in [0.05, 0.1) is 22.5 Å². The van der Waals surface area contributed by atoms with Gasteiger partial charge in [-0.1, -0.05) is 6.07 Å². The number of rotatable bonds is 2. The van der Waals surface area contributed by atoms with Crippen molar-refractivity contribution in [1.29, 1.82) is 0 Å². The lowest BCUT2D eigenvalue weighted by Crippen LogP contribution is -2.58. The molecular formula is C16H25N3O2. The molecule has 0 aliphatic carbocycles. The molecule has 1 amide bonds. The third-order valence-corrected chi connectivity index (χ3v) is 3.54. The van der Waals surface area contributed by atoms with Crippen molar-refractivity contribution >= 4 is 11.6 Å². The number of nitrogens with one attached hydrogen (secondary N) is 1. The summed E-state index contributed by atoms with van der Waals surface area (Å²) in [6, 6.07) is 5.62. The summed E-state index contributed by atoms with van der Waals surface area (Å²) in [7, 11) is 0. The van der Waals surface area contributed by atoms with Gasteiger partial charge in [0.25, 0.3) is 5.91 Å². The van der Waals surface area contributed by atoms with Gasteiger partial charge in [-0.2, -0.15) is 0 Å². The van der Waals surface area contributed by atoms with Crippen LogP contribution in [0.25, 0.3) is 0 Å². The van der Waals surface area contributed by atoms with Crippen LogP contribution in [0, 0.1) is 6.92 Å². The number of nitrogens with two attached hydrogens (primary N) is 1. The molecule has 5 heteroatoms. The van der Waals surface area contributed by atoms with Crippen LogP contribution in [0.3, 0.4) is 0 Å². The standard InChI is InChI=1S/C16H25N3O2/c1-11-6-7-12(13(8-11)18-17)14(20)19-9-15(2,3)21-16(4,5)10-19/h6-8,18H,9-10,17H2,1-5H3. The number of hydrazine groups is 1. The van der Waals surface area contributed by atoms with Gasteiger partial charge in [-0.05, 0) is 52.3 Å². The molecule has 3 N–H and O–H groups in total. The zero-order valence-electron chi connectivity index (χ0n) is 13.5. The molecule has 1 aliphatic rings. The van der Waals surface area contributed by atoms with Gasteiger partial charge in [0.2, 0.25) is 0 Å². The molecule has 1 aromatic rings. The molecule has 0 spiro atoms. The summed E-state index contributed by atoms with van der Waals surface area (Å²) in [6.45, 7) is 11.1. The van der Waals surface area contributed by atoms with E-state index in [0.717, 1.165) is 5.56 Å². The molecule has 116 valence electrons. The molecule has 5 nitrogen and oxygen atoms in total. The summed E-state index contributed by atoms with van der Waals surface area (Å²) >= 11 is 0. The quantitative estimate of drug-likeness (QED) is 0.648. The fourth-order valence-electron chi connectivity index (χ4n) is 3.07. The Morgan fingerprint density at radius 2 is 1.81 bits per heavy atom. The first-order valence-corrected chi connectivity index (χ1v) is 7.20. The van der Waals surface area contributed by atoms with E-state index >= 15 is 0 Å². The highest BCUT2D eigenvalue weighted by atomic mass is 16.5. The number of hydrogen-bond donors (Lipinski definition) is 2. The Labute approximate surface area is 126 Å². The number of hydrogen-bond acceptors (Lipinski definition) is 4. The van der Waals surface area contributed by atoms with E-state index in [1.54, 1.807) is 0 Å². The van der Waals surface area contributed by atoms with Crippen LogP contribution in [0.15, 0.2) is 18.2 Å². The van der Waals surface area contributed by atoms with Gasteiger partial charge in [-0.25, -0.2) is 0 Å². The molecule has 0 atom stereocenters. The fourth-order valence-corrected chi connectivity index (χ4v) is 3.07. The maximum atomic E-state index is 12.8. The molecule has 1 aromatic carbocycles. The first kappa shape index (κ1) is 15.8. The van der Waals surface area contributed by atoms with Gasteiger partial charge in [-0.3, -0.25) is 10.6 Å². The molecule has 21 heavy (non-hydrogen) atoms. The predicted molar refractivity (Wildman–Crippen MR) is 84.1 cm³/mol. The second-order valence-electron chi connectivity index (χ2n) is 6.98. The molecule has 2 rings (SSSR count).